The van der Waals surface area contributed by atoms with Gasteiger partial charge in [0, 0.05) is 74.3 Å². The molecule has 142 heavy (non-hydrogen) atoms. The molecule has 0 saturated carbocycles. The van der Waals surface area contributed by atoms with Gasteiger partial charge in [-0.1, -0.05) is 408 Å². The van der Waals surface area contributed by atoms with E-state index in [2.05, 4.69) is 546 Å². The van der Waals surface area contributed by atoms with Crippen molar-refractivity contribution < 1.29 is 21.1 Å². The number of benzene rings is 14. The summed E-state index contributed by atoms with van der Waals surface area (Å²) in [6.07, 6.45) is 12.4. The predicted octanol–water partition coefficient (Wildman–Crippen LogP) is 33.4. The van der Waals surface area contributed by atoms with Crippen LogP contribution in [0.2, 0.25) is 98.2 Å². The summed E-state index contributed by atoms with van der Waals surface area (Å²) in [6, 6.07) is 140. The summed E-state index contributed by atoms with van der Waals surface area (Å²) in [5.41, 5.74) is 30.3. The van der Waals surface area contributed by atoms with Gasteiger partial charge in [0.05, 0.1) is 68.8 Å². The SMILES string of the molecule is CC(C)Cc1ccc(N(c2[c-]c(-c3ccc([Si](C)(C)C)cn3)cc(-c3ccccc3)c2)c2[c-]c(-c3ccc([Si](C)(C)C)cn3)cc(-c3ccccc3)c2)c2ccccc12.CC(C)Cc1ccc(N(c2cc(-c3ccccc3)cc(-c3ccc([Si](C)(C)C)cn3)c2)c2cc(-c3ccccc3)cc(-c3ccc([Si](C)(C)C)cn3)c2)c2ccccc12.C[Si](C)(C)c1ccc(-c2cc(Br)cc(-c3ccccc3)c2)nc1.[Pt+2]. The number of nitrogens with zero attached hydrogens (tertiary/aromatic N) is 7. The number of hydrogen-bond acceptors (Lipinski definition) is 7. The third kappa shape index (κ3) is 24.6. The first-order valence-corrected chi connectivity index (χ1v) is 67.8. The Bertz CT molecular complexity index is 6900. The Morgan fingerprint density at radius 1 is 0.239 bits per heavy atom. The third-order valence-electron chi connectivity index (χ3n) is 26.3. The van der Waals surface area contributed by atoms with Crippen LogP contribution in [0.1, 0.15) is 38.8 Å². The Morgan fingerprint density at radius 2 is 0.486 bits per heavy atom. The van der Waals surface area contributed by atoms with E-state index in [9.17, 15) is 0 Å². The molecule has 19 aromatic rings. The average Bonchev–Trinajstić information content (AvgIpc) is 0.753. The molecule has 0 amide bonds. The summed E-state index contributed by atoms with van der Waals surface area (Å²) in [5.74, 6) is 1.06. The minimum atomic E-state index is -1.55. The molecule has 0 unspecified atom stereocenters. The molecule has 0 aliphatic carbocycles. The number of rotatable bonds is 25. The zero-order valence-corrected chi connectivity index (χ0v) is 94.3. The van der Waals surface area contributed by atoms with Gasteiger partial charge in [-0.3, -0.25) is 15.0 Å². The molecule has 0 spiro atoms. The molecule has 0 atom stereocenters. The summed E-state index contributed by atoms with van der Waals surface area (Å²) in [7, 11) is -7.46. The van der Waals surface area contributed by atoms with Gasteiger partial charge in [0.25, 0.3) is 0 Å². The van der Waals surface area contributed by atoms with Crippen LogP contribution < -0.4 is 35.7 Å². The second kappa shape index (κ2) is 44.0. The smallest absolute Gasteiger partial charge is 0.346 e. The largest absolute Gasteiger partial charge is 2.00 e. The topological polar surface area (TPSA) is 70.9 Å². The van der Waals surface area contributed by atoms with Crippen LogP contribution in [0.4, 0.5) is 34.1 Å². The summed E-state index contributed by atoms with van der Waals surface area (Å²) >= 11 is 3.63. The van der Waals surface area contributed by atoms with Gasteiger partial charge in [-0.15, -0.1) is 47.5 Å². The first-order chi connectivity index (χ1) is 67.6. The average molecular weight is 2180 g/mol. The molecular formula is C128H128BrN7PtSi5. The van der Waals surface area contributed by atoms with Crippen molar-refractivity contribution in [3.05, 3.63) is 423 Å². The van der Waals surface area contributed by atoms with Crippen molar-refractivity contribution in [1.82, 2.24) is 24.9 Å². The van der Waals surface area contributed by atoms with E-state index in [1.54, 1.807) is 0 Å². The zero-order chi connectivity index (χ0) is 99.1. The maximum absolute atomic E-state index is 5.13. The van der Waals surface area contributed by atoms with E-state index in [0.717, 1.165) is 152 Å². The normalized spacial score (nSPS) is 11.8. The molecule has 0 bridgehead atoms. The minimum Gasteiger partial charge on any atom is -0.346 e. The quantitative estimate of drug-likeness (QED) is 0.0417. The van der Waals surface area contributed by atoms with E-state index >= 15 is 0 Å². The van der Waals surface area contributed by atoms with Crippen molar-refractivity contribution in [2.45, 2.75) is 139 Å². The maximum atomic E-state index is 5.13. The van der Waals surface area contributed by atoms with Crippen molar-refractivity contribution in [3.8, 4) is 112 Å². The monoisotopic (exact) mass is 2180 g/mol. The van der Waals surface area contributed by atoms with E-state index in [-0.39, 0.29) is 21.1 Å². The van der Waals surface area contributed by atoms with Crippen LogP contribution in [0.5, 0.6) is 0 Å². The Labute approximate surface area is 871 Å². The molecule has 7 nitrogen and oxygen atoms in total. The Kier molecular flexibility index (Phi) is 31.6. The number of anilines is 6. The number of hydrogen-bond donors (Lipinski definition) is 0. The van der Waals surface area contributed by atoms with Gasteiger partial charge in [0.1, 0.15) is 0 Å². The van der Waals surface area contributed by atoms with Crippen LogP contribution in [0.15, 0.2) is 399 Å². The molecule has 0 radical (unpaired) electrons. The summed E-state index contributed by atoms with van der Waals surface area (Å²) in [4.78, 5) is 30.0. The molecular weight excluding hydrogens is 2050 g/mol. The number of pyridine rings is 5. The standard InChI is InChI=1S/C54H55N3Si2.C54H53N3Si2.C20H20BrNSi.Pt/c2*1-38(2)29-41-23-28-54(51-22-16-15-21-50(41)51)57(46-32-42(39-17-11-9-12-18-39)30-44(34-46)52-26-24-48(36-55-52)58(3,4)5)47-33-43(40-19-13-10-14-20-40)31-45(35-47)53-27-25-49(37-56-53)59(6,7)8;1-23(2,3)19-9-10-20(22-14-19)17-11-16(12-18(21)13-17)15-7-5-4-6-8-15;/h9-28,30-38H,29H2,1-8H3;9-28,30-33,36-38H,29H2,1-8H3;4-14H,1-3H3;/q;-2;;+2. The van der Waals surface area contributed by atoms with Crippen molar-refractivity contribution in [2.24, 2.45) is 11.8 Å². The fourth-order valence-electron chi connectivity index (χ4n) is 18.3. The molecule has 0 aliphatic heterocycles. The fraction of sp³-hybridized carbons (Fsp3) is 0.180. The Hall–Kier alpha value is -12.8. The van der Waals surface area contributed by atoms with Gasteiger partial charge in [-0.2, -0.15) is 0 Å². The third-order valence-corrected chi connectivity index (χ3v) is 36.9. The van der Waals surface area contributed by atoms with Gasteiger partial charge < -0.3 is 19.8 Å². The Balaban J connectivity index is 0.000000166. The van der Waals surface area contributed by atoms with E-state index in [0.29, 0.717) is 11.8 Å². The summed E-state index contributed by atoms with van der Waals surface area (Å²) in [5, 5.41) is 11.7. The molecule has 0 N–H and O–H groups in total. The minimum absolute atomic E-state index is 0. The van der Waals surface area contributed by atoms with E-state index < -0.39 is 40.4 Å². The van der Waals surface area contributed by atoms with Crippen molar-refractivity contribution in [3.63, 3.8) is 0 Å². The van der Waals surface area contributed by atoms with Crippen LogP contribution in [-0.2, 0) is 33.9 Å². The summed E-state index contributed by atoms with van der Waals surface area (Å²) in [6.45, 7) is 44.7. The predicted molar refractivity (Wildman–Crippen MR) is 624 cm³/mol. The van der Waals surface area contributed by atoms with Gasteiger partial charge in [0.15, 0.2) is 0 Å². The molecule has 0 saturated heterocycles. The van der Waals surface area contributed by atoms with Gasteiger partial charge >= 0.3 is 21.1 Å². The first-order valence-electron chi connectivity index (χ1n) is 49.6. The van der Waals surface area contributed by atoms with Crippen LogP contribution in [0, 0.1) is 24.0 Å². The molecule has 14 aromatic carbocycles. The first kappa shape index (κ1) is 102. The van der Waals surface area contributed by atoms with Gasteiger partial charge in [-0.25, -0.2) is 0 Å². The Morgan fingerprint density at radius 3 is 0.768 bits per heavy atom. The molecule has 5 heterocycles. The van der Waals surface area contributed by atoms with Crippen molar-refractivity contribution in [2.75, 3.05) is 9.80 Å². The second-order valence-electron chi connectivity index (χ2n) is 43.3. The van der Waals surface area contributed by atoms with E-state index in [4.69, 9.17) is 24.9 Å². The number of halogens is 1. The van der Waals surface area contributed by atoms with Crippen molar-refractivity contribution in [1.29, 1.82) is 0 Å². The molecule has 0 aliphatic rings. The second-order valence-corrected chi connectivity index (χ2v) is 69.6. The summed E-state index contributed by atoms with van der Waals surface area (Å²) < 4.78 is 1.07. The molecule has 19 rings (SSSR count). The van der Waals surface area contributed by atoms with Gasteiger partial charge in [-0.05, 0) is 225 Å². The van der Waals surface area contributed by atoms with E-state index in [1.807, 2.05) is 12.3 Å². The van der Waals surface area contributed by atoms with Crippen LogP contribution in [-0.4, -0.2) is 65.3 Å². The van der Waals surface area contributed by atoms with Crippen LogP contribution in [0.3, 0.4) is 0 Å². The number of fused-ring (bicyclic) bond motifs is 2. The van der Waals surface area contributed by atoms with Crippen LogP contribution >= 0.6 is 15.9 Å². The molecule has 5 aromatic heterocycles. The number of aromatic nitrogens is 5. The van der Waals surface area contributed by atoms with Crippen LogP contribution in [0.25, 0.3) is 133 Å². The molecule has 14 heteroatoms. The fourth-order valence-corrected chi connectivity index (χ4v) is 23.9. The van der Waals surface area contributed by atoms with Crippen molar-refractivity contribution >= 4 is 138 Å². The van der Waals surface area contributed by atoms with Gasteiger partial charge in [0.2, 0.25) is 0 Å². The molecule has 712 valence electrons. The zero-order valence-electron chi connectivity index (χ0n) is 85.4. The maximum Gasteiger partial charge on any atom is 2.00 e. The van der Waals surface area contributed by atoms with E-state index in [1.165, 1.54) is 69.7 Å². The molecule has 0 fully saturated rings.